The van der Waals surface area contributed by atoms with Gasteiger partial charge in [0, 0.05) is 37.1 Å². The molecule has 0 aliphatic rings. The number of aryl methyl sites for hydroxylation is 1. The summed E-state index contributed by atoms with van der Waals surface area (Å²) < 4.78 is 12.4. The third-order valence-corrected chi connectivity index (χ3v) is 3.80. The molecule has 2 rings (SSSR count). The Balaban J connectivity index is 1.65. The van der Waals surface area contributed by atoms with E-state index < -0.39 is 0 Å². The first-order chi connectivity index (χ1) is 11.7. The fraction of sp³-hybridized carbons (Fsp3) is 0.444. The zero-order valence-electron chi connectivity index (χ0n) is 14.3. The summed E-state index contributed by atoms with van der Waals surface area (Å²) in [4.78, 5) is 16.2. The van der Waals surface area contributed by atoms with E-state index in [0.717, 1.165) is 32.2 Å². The number of rotatable bonds is 10. The van der Waals surface area contributed by atoms with E-state index in [1.807, 2.05) is 12.5 Å². The highest BCUT2D eigenvalue weighted by atomic mass is 16.5. The zero-order chi connectivity index (χ0) is 17.2. The van der Waals surface area contributed by atoms with Crippen LogP contribution in [0, 0.1) is 0 Å². The number of nitrogens with zero attached hydrogens (tertiary/aromatic N) is 2. The molecule has 0 saturated heterocycles. The number of hydrogen-bond donors (Lipinski definition) is 1. The molecule has 1 amide bonds. The van der Waals surface area contributed by atoms with E-state index in [1.165, 1.54) is 0 Å². The maximum atomic E-state index is 12.2. The summed E-state index contributed by atoms with van der Waals surface area (Å²) in [6, 6.07) is 5.17. The number of benzene rings is 1. The molecule has 2 aromatic rings. The second-order valence-corrected chi connectivity index (χ2v) is 5.57. The van der Waals surface area contributed by atoms with Crippen LogP contribution in [0.5, 0.6) is 11.5 Å². The maximum Gasteiger partial charge on any atom is 0.251 e. The highest BCUT2D eigenvalue weighted by Crippen LogP contribution is 2.22. The van der Waals surface area contributed by atoms with Crippen LogP contribution in [0.1, 0.15) is 36.0 Å². The summed E-state index contributed by atoms with van der Waals surface area (Å²) in [7, 11) is 3.14. The standard InChI is InChI=1S/C18H25N3O3/c1-23-16-11-15(12-17(13-16)24-2)18(22)20-7-5-3-4-6-9-21-10-8-19-14-21/h8,10-14H,3-7,9H2,1-2H3,(H,20,22). The number of ether oxygens (including phenoxy) is 2. The second kappa shape index (κ2) is 9.60. The first-order valence-corrected chi connectivity index (χ1v) is 8.20. The minimum absolute atomic E-state index is 0.106. The van der Waals surface area contributed by atoms with Crippen molar-refractivity contribution in [3.05, 3.63) is 42.5 Å². The van der Waals surface area contributed by atoms with Crippen LogP contribution in [0.4, 0.5) is 0 Å². The maximum absolute atomic E-state index is 12.2. The quantitative estimate of drug-likeness (QED) is 0.680. The summed E-state index contributed by atoms with van der Waals surface area (Å²) in [5.41, 5.74) is 0.548. The molecule has 0 bridgehead atoms. The lowest BCUT2D eigenvalue weighted by molar-refractivity contribution is 0.0952. The topological polar surface area (TPSA) is 65.4 Å². The van der Waals surface area contributed by atoms with E-state index in [0.29, 0.717) is 23.6 Å². The Morgan fingerprint density at radius 1 is 1.08 bits per heavy atom. The molecule has 1 aromatic heterocycles. The molecule has 0 fully saturated rings. The highest BCUT2D eigenvalue weighted by molar-refractivity contribution is 5.95. The molecular formula is C18H25N3O3. The number of amides is 1. The van der Waals surface area contributed by atoms with Gasteiger partial charge < -0.3 is 19.4 Å². The van der Waals surface area contributed by atoms with Crippen LogP contribution in [-0.2, 0) is 6.54 Å². The van der Waals surface area contributed by atoms with Crippen molar-refractivity contribution in [2.75, 3.05) is 20.8 Å². The smallest absolute Gasteiger partial charge is 0.251 e. The Labute approximate surface area is 142 Å². The van der Waals surface area contributed by atoms with Crippen LogP contribution < -0.4 is 14.8 Å². The van der Waals surface area contributed by atoms with E-state index in [-0.39, 0.29) is 5.91 Å². The summed E-state index contributed by atoms with van der Waals surface area (Å²) >= 11 is 0. The molecule has 24 heavy (non-hydrogen) atoms. The van der Waals surface area contributed by atoms with Crippen molar-refractivity contribution < 1.29 is 14.3 Å². The van der Waals surface area contributed by atoms with Crippen LogP contribution in [0.3, 0.4) is 0 Å². The van der Waals surface area contributed by atoms with Gasteiger partial charge in [-0.2, -0.15) is 0 Å². The van der Waals surface area contributed by atoms with Gasteiger partial charge in [-0.1, -0.05) is 12.8 Å². The average molecular weight is 331 g/mol. The van der Waals surface area contributed by atoms with Crippen LogP contribution in [0.15, 0.2) is 36.9 Å². The number of nitrogens with one attached hydrogen (secondary N) is 1. The van der Waals surface area contributed by atoms with Crippen molar-refractivity contribution in [1.82, 2.24) is 14.9 Å². The van der Waals surface area contributed by atoms with Crippen LogP contribution in [-0.4, -0.2) is 36.2 Å². The van der Waals surface area contributed by atoms with Gasteiger partial charge in [0.1, 0.15) is 11.5 Å². The minimum Gasteiger partial charge on any atom is -0.497 e. The first kappa shape index (κ1) is 17.8. The monoisotopic (exact) mass is 331 g/mol. The molecule has 0 atom stereocenters. The number of unbranched alkanes of at least 4 members (excludes halogenated alkanes) is 3. The third kappa shape index (κ3) is 5.61. The average Bonchev–Trinajstić information content (AvgIpc) is 3.13. The van der Waals surface area contributed by atoms with Crippen molar-refractivity contribution in [1.29, 1.82) is 0 Å². The normalized spacial score (nSPS) is 10.4. The Morgan fingerprint density at radius 3 is 2.42 bits per heavy atom. The second-order valence-electron chi connectivity index (χ2n) is 5.57. The molecule has 1 N–H and O–H groups in total. The molecule has 0 spiro atoms. The van der Waals surface area contributed by atoms with Crippen LogP contribution >= 0.6 is 0 Å². The van der Waals surface area contributed by atoms with Crippen LogP contribution in [0.25, 0.3) is 0 Å². The van der Waals surface area contributed by atoms with Gasteiger partial charge in [-0.15, -0.1) is 0 Å². The third-order valence-electron chi connectivity index (χ3n) is 3.80. The van der Waals surface area contributed by atoms with Gasteiger partial charge in [-0.3, -0.25) is 4.79 Å². The van der Waals surface area contributed by atoms with Gasteiger partial charge in [0.15, 0.2) is 0 Å². The molecule has 6 nitrogen and oxygen atoms in total. The highest BCUT2D eigenvalue weighted by Gasteiger charge is 2.09. The molecule has 0 aliphatic carbocycles. The molecule has 0 aliphatic heterocycles. The largest absolute Gasteiger partial charge is 0.497 e. The number of methoxy groups -OCH3 is 2. The van der Waals surface area contributed by atoms with Crippen molar-refractivity contribution in [2.24, 2.45) is 0 Å². The Bertz CT molecular complexity index is 604. The van der Waals surface area contributed by atoms with Gasteiger partial charge in [0.25, 0.3) is 5.91 Å². The van der Waals surface area contributed by atoms with E-state index in [2.05, 4.69) is 14.9 Å². The Kier molecular flexibility index (Phi) is 7.14. The number of carbonyl (C=O) groups excluding carboxylic acids is 1. The molecule has 1 aromatic carbocycles. The van der Waals surface area contributed by atoms with Gasteiger partial charge in [-0.05, 0) is 25.0 Å². The van der Waals surface area contributed by atoms with Crippen molar-refractivity contribution in [3.63, 3.8) is 0 Å². The predicted octanol–water partition coefficient (Wildman–Crippen LogP) is 2.89. The fourth-order valence-corrected chi connectivity index (χ4v) is 2.43. The van der Waals surface area contributed by atoms with Gasteiger partial charge in [0.05, 0.1) is 20.5 Å². The SMILES string of the molecule is COc1cc(OC)cc(C(=O)NCCCCCCn2ccnc2)c1. The number of aromatic nitrogens is 2. The van der Waals surface area contributed by atoms with Crippen molar-refractivity contribution in [2.45, 2.75) is 32.2 Å². The van der Waals surface area contributed by atoms with Crippen molar-refractivity contribution >= 4 is 5.91 Å². The molecule has 1 heterocycles. The van der Waals surface area contributed by atoms with E-state index in [1.54, 1.807) is 38.6 Å². The molecule has 6 heteroatoms. The molecular weight excluding hydrogens is 306 g/mol. The minimum atomic E-state index is -0.106. The number of carbonyl (C=O) groups is 1. The summed E-state index contributed by atoms with van der Waals surface area (Å²) in [5.74, 6) is 1.11. The lowest BCUT2D eigenvalue weighted by Gasteiger charge is -2.09. The van der Waals surface area contributed by atoms with E-state index >= 15 is 0 Å². The molecule has 0 saturated carbocycles. The van der Waals surface area contributed by atoms with Gasteiger partial charge in [-0.25, -0.2) is 4.98 Å². The van der Waals surface area contributed by atoms with Gasteiger partial charge in [0.2, 0.25) is 0 Å². The lowest BCUT2D eigenvalue weighted by Crippen LogP contribution is -2.24. The predicted molar refractivity (Wildman–Crippen MR) is 92.6 cm³/mol. The Morgan fingerprint density at radius 2 is 1.79 bits per heavy atom. The lowest BCUT2D eigenvalue weighted by atomic mass is 10.1. The molecule has 0 radical (unpaired) electrons. The van der Waals surface area contributed by atoms with Gasteiger partial charge >= 0.3 is 0 Å². The van der Waals surface area contributed by atoms with Crippen molar-refractivity contribution in [3.8, 4) is 11.5 Å². The molecule has 0 unspecified atom stereocenters. The molecule has 130 valence electrons. The number of hydrogen-bond acceptors (Lipinski definition) is 4. The van der Waals surface area contributed by atoms with Crippen LogP contribution in [0.2, 0.25) is 0 Å². The first-order valence-electron chi connectivity index (χ1n) is 8.20. The van der Waals surface area contributed by atoms with E-state index in [4.69, 9.17) is 9.47 Å². The number of imidazole rings is 1. The zero-order valence-corrected chi connectivity index (χ0v) is 14.3. The summed E-state index contributed by atoms with van der Waals surface area (Å²) in [6.45, 7) is 1.67. The summed E-state index contributed by atoms with van der Waals surface area (Å²) in [5, 5.41) is 2.94. The summed E-state index contributed by atoms with van der Waals surface area (Å²) in [6.07, 6.45) is 9.93. The Hall–Kier alpha value is -2.50. The van der Waals surface area contributed by atoms with E-state index in [9.17, 15) is 4.79 Å². The fourth-order valence-electron chi connectivity index (χ4n) is 2.43.